The van der Waals surface area contributed by atoms with Crippen LogP contribution in [0.25, 0.3) is 0 Å². The van der Waals surface area contributed by atoms with Gasteiger partial charge in [0.15, 0.2) is 0 Å². The fourth-order valence-corrected chi connectivity index (χ4v) is 3.04. The SMILES string of the molecule is CCC(CC)O[SiH]1C=CC=C1. The molecule has 2 heteroatoms. The zero-order valence-electron chi connectivity index (χ0n) is 7.29. The quantitative estimate of drug-likeness (QED) is 0.584. The van der Waals surface area contributed by atoms with Gasteiger partial charge in [-0.25, -0.2) is 0 Å². The van der Waals surface area contributed by atoms with Crippen molar-refractivity contribution in [1.29, 1.82) is 0 Å². The smallest absolute Gasteiger partial charge is 0.226 e. The van der Waals surface area contributed by atoms with E-state index in [1.165, 1.54) is 0 Å². The molecule has 62 valence electrons. The Morgan fingerprint density at radius 3 is 2.18 bits per heavy atom. The van der Waals surface area contributed by atoms with Gasteiger partial charge in [0.05, 0.1) is 0 Å². The highest BCUT2D eigenvalue weighted by molar-refractivity contribution is 6.64. The second-order valence-corrected chi connectivity index (χ2v) is 4.78. The van der Waals surface area contributed by atoms with Crippen LogP contribution in [0.15, 0.2) is 23.6 Å². The van der Waals surface area contributed by atoms with Gasteiger partial charge in [-0.05, 0) is 12.8 Å². The lowest BCUT2D eigenvalue weighted by molar-refractivity contribution is 0.200. The van der Waals surface area contributed by atoms with Crippen LogP contribution in [-0.4, -0.2) is 15.1 Å². The fourth-order valence-electron chi connectivity index (χ4n) is 1.21. The van der Waals surface area contributed by atoms with Crippen LogP contribution in [0, 0.1) is 0 Å². The molecule has 0 aliphatic carbocycles. The lowest BCUT2D eigenvalue weighted by Gasteiger charge is -2.16. The van der Waals surface area contributed by atoms with Gasteiger partial charge in [-0.2, -0.15) is 0 Å². The van der Waals surface area contributed by atoms with E-state index in [9.17, 15) is 0 Å². The van der Waals surface area contributed by atoms with Crippen molar-refractivity contribution in [3.63, 3.8) is 0 Å². The Bertz CT molecular complexity index is 147. The summed E-state index contributed by atoms with van der Waals surface area (Å²) in [5, 5.41) is 0. The predicted molar refractivity (Wildman–Crippen MR) is 50.9 cm³/mol. The Morgan fingerprint density at radius 2 is 1.73 bits per heavy atom. The molecular formula is C9H16OSi. The van der Waals surface area contributed by atoms with Crippen molar-refractivity contribution in [3.05, 3.63) is 23.6 Å². The van der Waals surface area contributed by atoms with Crippen molar-refractivity contribution < 1.29 is 4.43 Å². The van der Waals surface area contributed by atoms with Gasteiger partial charge in [0.25, 0.3) is 0 Å². The summed E-state index contributed by atoms with van der Waals surface area (Å²) < 4.78 is 5.88. The normalized spacial score (nSPS) is 17.0. The first kappa shape index (κ1) is 8.75. The zero-order chi connectivity index (χ0) is 8.10. The number of hydrogen-bond acceptors (Lipinski definition) is 1. The van der Waals surface area contributed by atoms with Gasteiger partial charge in [-0.1, -0.05) is 37.4 Å². The van der Waals surface area contributed by atoms with E-state index >= 15 is 0 Å². The van der Waals surface area contributed by atoms with Crippen LogP contribution in [-0.2, 0) is 4.43 Å². The molecule has 1 heterocycles. The van der Waals surface area contributed by atoms with E-state index in [4.69, 9.17) is 4.43 Å². The average molecular weight is 168 g/mol. The molecule has 1 rings (SSSR count). The third-order valence-electron chi connectivity index (χ3n) is 1.97. The second kappa shape index (κ2) is 4.52. The van der Waals surface area contributed by atoms with Crippen LogP contribution in [0.1, 0.15) is 26.7 Å². The van der Waals surface area contributed by atoms with Gasteiger partial charge in [0.1, 0.15) is 0 Å². The number of rotatable bonds is 4. The molecule has 0 unspecified atom stereocenters. The third-order valence-corrected chi connectivity index (χ3v) is 3.88. The molecule has 0 saturated carbocycles. The van der Waals surface area contributed by atoms with Gasteiger partial charge in [-0.15, -0.1) is 0 Å². The summed E-state index contributed by atoms with van der Waals surface area (Å²) >= 11 is 0. The molecule has 0 saturated heterocycles. The first-order valence-corrected chi connectivity index (χ1v) is 6.17. The first-order valence-electron chi connectivity index (χ1n) is 4.37. The minimum absolute atomic E-state index is 0.485. The van der Waals surface area contributed by atoms with Gasteiger partial charge >= 0.3 is 0 Å². The predicted octanol–water partition coefficient (Wildman–Crippen LogP) is 2.12. The standard InChI is InChI=1S/C9H16OSi/c1-3-9(4-2)10-11-7-5-6-8-11/h5-9,11H,3-4H2,1-2H3. The Labute approximate surface area is 70.5 Å². The van der Waals surface area contributed by atoms with Crippen molar-refractivity contribution >= 4 is 9.04 Å². The first-order chi connectivity index (χ1) is 5.36. The van der Waals surface area contributed by atoms with Gasteiger partial charge in [-0.3, -0.25) is 0 Å². The molecule has 1 aliphatic rings. The molecule has 0 atom stereocenters. The molecule has 11 heavy (non-hydrogen) atoms. The molecular weight excluding hydrogens is 152 g/mol. The van der Waals surface area contributed by atoms with Crippen molar-refractivity contribution in [2.24, 2.45) is 0 Å². The highest BCUT2D eigenvalue weighted by atomic mass is 28.3. The molecule has 0 amide bonds. The molecule has 0 radical (unpaired) electrons. The highest BCUT2D eigenvalue weighted by Crippen LogP contribution is 2.08. The maximum atomic E-state index is 5.88. The van der Waals surface area contributed by atoms with Crippen molar-refractivity contribution in [3.8, 4) is 0 Å². The van der Waals surface area contributed by atoms with E-state index < -0.39 is 9.04 Å². The van der Waals surface area contributed by atoms with Crippen LogP contribution >= 0.6 is 0 Å². The number of hydrogen-bond donors (Lipinski definition) is 0. The third kappa shape index (κ3) is 2.64. The van der Waals surface area contributed by atoms with Crippen LogP contribution in [0.3, 0.4) is 0 Å². The molecule has 0 spiro atoms. The Morgan fingerprint density at radius 1 is 1.18 bits per heavy atom. The Balaban J connectivity index is 2.28. The summed E-state index contributed by atoms with van der Waals surface area (Å²) in [5.74, 6) is 0. The topological polar surface area (TPSA) is 9.23 Å². The molecule has 0 aromatic heterocycles. The second-order valence-electron chi connectivity index (χ2n) is 2.81. The zero-order valence-corrected chi connectivity index (χ0v) is 8.44. The lowest BCUT2D eigenvalue weighted by atomic mass is 10.2. The summed E-state index contributed by atoms with van der Waals surface area (Å²) in [6.07, 6.45) is 6.96. The molecule has 0 aromatic rings. The molecule has 0 aromatic carbocycles. The maximum Gasteiger partial charge on any atom is 0.226 e. The summed E-state index contributed by atoms with van der Waals surface area (Å²) in [7, 11) is -1.04. The molecule has 1 aliphatic heterocycles. The summed E-state index contributed by atoms with van der Waals surface area (Å²) in [5.41, 5.74) is 4.44. The largest absolute Gasteiger partial charge is 0.409 e. The lowest BCUT2D eigenvalue weighted by Crippen LogP contribution is -2.20. The van der Waals surface area contributed by atoms with Crippen molar-refractivity contribution in [1.82, 2.24) is 0 Å². The van der Waals surface area contributed by atoms with Crippen LogP contribution in [0.4, 0.5) is 0 Å². The summed E-state index contributed by atoms with van der Waals surface area (Å²) in [6, 6.07) is 0. The maximum absolute atomic E-state index is 5.88. The molecule has 1 nitrogen and oxygen atoms in total. The summed E-state index contributed by atoms with van der Waals surface area (Å²) in [6.45, 7) is 4.37. The van der Waals surface area contributed by atoms with E-state index in [2.05, 4.69) is 37.4 Å². The fraction of sp³-hybridized carbons (Fsp3) is 0.556. The van der Waals surface area contributed by atoms with Crippen LogP contribution < -0.4 is 0 Å². The molecule has 0 fully saturated rings. The Hall–Kier alpha value is -0.343. The average Bonchev–Trinajstić information content (AvgIpc) is 2.52. The van der Waals surface area contributed by atoms with Crippen molar-refractivity contribution in [2.45, 2.75) is 32.8 Å². The monoisotopic (exact) mass is 168 g/mol. The van der Waals surface area contributed by atoms with Crippen molar-refractivity contribution in [2.75, 3.05) is 0 Å². The number of allylic oxidation sites excluding steroid dienone is 2. The minimum atomic E-state index is -1.04. The van der Waals surface area contributed by atoms with E-state index in [1.807, 2.05) is 0 Å². The molecule has 0 N–H and O–H groups in total. The van der Waals surface area contributed by atoms with Gasteiger partial charge < -0.3 is 4.43 Å². The van der Waals surface area contributed by atoms with Crippen LogP contribution in [0.5, 0.6) is 0 Å². The Kier molecular flexibility index (Phi) is 3.59. The van der Waals surface area contributed by atoms with E-state index in [0.717, 1.165) is 12.8 Å². The van der Waals surface area contributed by atoms with Gasteiger partial charge in [0, 0.05) is 6.10 Å². The van der Waals surface area contributed by atoms with Gasteiger partial charge in [0.2, 0.25) is 9.04 Å². The van der Waals surface area contributed by atoms with E-state index in [-0.39, 0.29) is 0 Å². The minimum Gasteiger partial charge on any atom is -0.409 e. The molecule has 0 bridgehead atoms. The van der Waals surface area contributed by atoms with E-state index in [1.54, 1.807) is 0 Å². The van der Waals surface area contributed by atoms with E-state index in [0.29, 0.717) is 6.10 Å². The highest BCUT2D eigenvalue weighted by Gasteiger charge is 2.11. The van der Waals surface area contributed by atoms with Crippen LogP contribution in [0.2, 0.25) is 0 Å². The summed E-state index contributed by atoms with van der Waals surface area (Å²) in [4.78, 5) is 0.